The number of ether oxygens (including phenoxy) is 1. The molecule has 184 valence electrons. The zero-order valence-corrected chi connectivity index (χ0v) is 20.2. The maximum Gasteiger partial charge on any atom is 0.415 e. The molecule has 3 amide bonds. The van der Waals surface area contributed by atoms with Gasteiger partial charge in [0.15, 0.2) is 0 Å². The number of aromatic nitrogens is 2. The molecule has 8 nitrogen and oxygen atoms in total. The van der Waals surface area contributed by atoms with Crippen molar-refractivity contribution in [2.75, 3.05) is 36.5 Å². The van der Waals surface area contributed by atoms with Crippen molar-refractivity contribution in [3.05, 3.63) is 54.1 Å². The van der Waals surface area contributed by atoms with Crippen molar-refractivity contribution in [1.82, 2.24) is 14.9 Å². The lowest BCUT2D eigenvalue weighted by Gasteiger charge is -2.34. The number of para-hydroxylation sites is 1. The molecular formula is C25H27ClFN5O3. The zero-order valence-electron chi connectivity index (χ0n) is 19.4. The highest BCUT2D eigenvalue weighted by atomic mass is 35.5. The highest BCUT2D eigenvalue weighted by Gasteiger charge is 2.48. The van der Waals surface area contributed by atoms with Gasteiger partial charge in [-0.15, -0.1) is 12.4 Å². The van der Waals surface area contributed by atoms with Crippen molar-refractivity contribution in [2.24, 2.45) is 0 Å². The van der Waals surface area contributed by atoms with Crippen molar-refractivity contribution in [3.8, 4) is 0 Å². The lowest BCUT2D eigenvalue weighted by molar-refractivity contribution is 0.0208. The highest BCUT2D eigenvalue weighted by molar-refractivity contribution is 5.96. The average Bonchev–Trinajstić information content (AvgIpc) is 3.50. The molecule has 0 atom stereocenters. The summed E-state index contributed by atoms with van der Waals surface area (Å²) in [6.45, 7) is 1.75. The van der Waals surface area contributed by atoms with E-state index in [4.69, 9.17) is 9.72 Å². The molecule has 1 spiro atoms. The van der Waals surface area contributed by atoms with Gasteiger partial charge in [0.05, 0.1) is 23.3 Å². The normalized spacial score (nSPS) is 24.4. The molecular weight excluding hydrogens is 473 g/mol. The van der Waals surface area contributed by atoms with Gasteiger partial charge in [-0.2, -0.15) is 0 Å². The number of anilines is 2. The van der Waals surface area contributed by atoms with Crippen LogP contribution in [0.2, 0.25) is 0 Å². The van der Waals surface area contributed by atoms with Crippen molar-refractivity contribution in [3.63, 3.8) is 0 Å². The molecule has 10 heteroatoms. The maximum atomic E-state index is 14.2. The number of carbonyl (C=O) groups excluding carboxylic acids is 2. The predicted octanol–water partition coefficient (Wildman–Crippen LogP) is 5.05. The first-order chi connectivity index (χ1) is 16.4. The summed E-state index contributed by atoms with van der Waals surface area (Å²) in [5.74, 6) is 0.721. The summed E-state index contributed by atoms with van der Waals surface area (Å²) in [6.07, 6.45) is 2.55. The number of imidazole rings is 1. The number of hydrogen-bond donors (Lipinski definition) is 1. The third-order valence-electron chi connectivity index (χ3n) is 7.41. The van der Waals surface area contributed by atoms with E-state index in [9.17, 15) is 14.0 Å². The van der Waals surface area contributed by atoms with Crippen LogP contribution in [0.1, 0.15) is 37.4 Å². The van der Waals surface area contributed by atoms with Gasteiger partial charge in [-0.05, 0) is 56.0 Å². The third-order valence-corrected chi connectivity index (χ3v) is 7.41. The summed E-state index contributed by atoms with van der Waals surface area (Å²) in [5.41, 5.74) is 2.33. The number of urea groups is 1. The number of fused-ring (bicyclic) bond motifs is 1. The van der Waals surface area contributed by atoms with Gasteiger partial charge in [-0.1, -0.05) is 12.1 Å². The summed E-state index contributed by atoms with van der Waals surface area (Å²) in [5, 5.41) is 0. The van der Waals surface area contributed by atoms with E-state index in [1.54, 1.807) is 28.0 Å². The van der Waals surface area contributed by atoms with E-state index < -0.39 is 17.5 Å². The highest BCUT2D eigenvalue weighted by Crippen LogP contribution is 2.44. The first kappa shape index (κ1) is 23.4. The fraction of sp³-hybridized carbons (Fsp3) is 0.400. The summed E-state index contributed by atoms with van der Waals surface area (Å²) in [6, 6.07) is 12.2. The number of halogens is 2. The van der Waals surface area contributed by atoms with Gasteiger partial charge >= 0.3 is 12.1 Å². The van der Waals surface area contributed by atoms with E-state index in [2.05, 4.69) is 4.98 Å². The topological polar surface area (TPSA) is 81.8 Å². The summed E-state index contributed by atoms with van der Waals surface area (Å²) < 4.78 is 20.0. The molecule has 1 aromatic heterocycles. The second-order valence-electron chi connectivity index (χ2n) is 9.54. The number of nitrogens with one attached hydrogen (secondary N) is 1. The Hall–Kier alpha value is -3.33. The van der Waals surface area contributed by atoms with E-state index in [0.717, 1.165) is 35.4 Å². The van der Waals surface area contributed by atoms with Gasteiger partial charge in [0.1, 0.15) is 17.2 Å². The Kier molecular flexibility index (Phi) is 5.83. The molecule has 1 N–H and O–H groups in total. The van der Waals surface area contributed by atoms with Crippen LogP contribution in [0, 0.1) is 5.82 Å². The zero-order chi connectivity index (χ0) is 23.4. The number of hydrogen-bond acceptors (Lipinski definition) is 4. The number of benzene rings is 2. The molecule has 6 rings (SSSR count). The molecule has 1 aliphatic carbocycles. The standard InChI is InChI=1S/C25H26FN5O3.ClH/c1-29-12-13-30(23(29)32)17-6-7-19-20(14-17)28-22(27-19)16-8-10-25(11-9-16)15-31(24(33)34-25)21-5-3-2-4-18(21)26;/h2-7,14,16H,8-13,15H2,1H3,(H,27,28);1H. The van der Waals surface area contributed by atoms with Crippen molar-refractivity contribution < 1.29 is 18.7 Å². The molecule has 0 unspecified atom stereocenters. The number of likely N-dealkylation sites (N-methyl/N-ethyl adjacent to an activating group) is 1. The fourth-order valence-corrected chi connectivity index (χ4v) is 5.42. The van der Waals surface area contributed by atoms with Gasteiger partial charge in [0.2, 0.25) is 0 Å². The van der Waals surface area contributed by atoms with Gasteiger partial charge in [0.25, 0.3) is 0 Å². The van der Waals surface area contributed by atoms with Crippen molar-refractivity contribution in [2.45, 2.75) is 37.2 Å². The van der Waals surface area contributed by atoms with E-state index in [-0.39, 0.29) is 30.0 Å². The molecule has 2 aliphatic heterocycles. The largest absolute Gasteiger partial charge is 0.441 e. The lowest BCUT2D eigenvalue weighted by atomic mass is 9.78. The quantitative estimate of drug-likeness (QED) is 0.547. The molecule has 0 bridgehead atoms. The van der Waals surface area contributed by atoms with Gasteiger partial charge in [-0.25, -0.2) is 19.0 Å². The van der Waals surface area contributed by atoms with Crippen LogP contribution in [0.3, 0.4) is 0 Å². The van der Waals surface area contributed by atoms with Gasteiger partial charge in [0, 0.05) is 31.7 Å². The minimum Gasteiger partial charge on any atom is -0.441 e. The molecule has 3 aliphatic rings. The molecule has 3 fully saturated rings. The first-order valence-electron chi connectivity index (χ1n) is 11.7. The SMILES string of the molecule is CN1CCN(c2ccc3nc(C4CCC5(CC4)CN(c4ccccc4F)C(=O)O5)[nH]c3c2)C1=O.Cl. The first-order valence-corrected chi connectivity index (χ1v) is 11.7. The van der Waals surface area contributed by atoms with Crippen LogP contribution in [0.15, 0.2) is 42.5 Å². The molecule has 3 heterocycles. The monoisotopic (exact) mass is 499 g/mol. The van der Waals surface area contributed by atoms with E-state index in [0.29, 0.717) is 32.5 Å². The Morgan fingerprint density at radius 2 is 1.86 bits per heavy atom. The number of amides is 3. The van der Waals surface area contributed by atoms with Crippen LogP contribution in [-0.4, -0.2) is 59.3 Å². The summed E-state index contributed by atoms with van der Waals surface area (Å²) >= 11 is 0. The average molecular weight is 500 g/mol. The van der Waals surface area contributed by atoms with Gasteiger partial charge < -0.3 is 14.6 Å². The number of nitrogens with zero attached hydrogens (tertiary/aromatic N) is 4. The van der Waals surface area contributed by atoms with Crippen LogP contribution < -0.4 is 9.80 Å². The smallest absolute Gasteiger partial charge is 0.415 e. The maximum absolute atomic E-state index is 14.2. The number of aromatic amines is 1. The van der Waals surface area contributed by atoms with Crippen LogP contribution in [0.25, 0.3) is 11.0 Å². The number of H-pyrrole nitrogens is 1. The van der Waals surface area contributed by atoms with Crippen molar-refractivity contribution in [1.29, 1.82) is 0 Å². The van der Waals surface area contributed by atoms with E-state index >= 15 is 0 Å². The Balaban J connectivity index is 0.00000253. The minimum atomic E-state index is -0.586. The fourth-order valence-electron chi connectivity index (χ4n) is 5.42. The molecule has 2 saturated heterocycles. The molecule has 3 aromatic rings. The summed E-state index contributed by atoms with van der Waals surface area (Å²) in [7, 11) is 1.81. The molecule has 35 heavy (non-hydrogen) atoms. The second-order valence-corrected chi connectivity index (χ2v) is 9.54. The van der Waals surface area contributed by atoms with Crippen LogP contribution in [0.5, 0.6) is 0 Å². The van der Waals surface area contributed by atoms with E-state index in [1.165, 1.54) is 11.0 Å². The predicted molar refractivity (Wildman–Crippen MR) is 133 cm³/mol. The lowest BCUT2D eigenvalue weighted by Crippen LogP contribution is -2.38. The second kappa shape index (κ2) is 8.71. The third kappa shape index (κ3) is 3.97. The molecule has 2 aromatic carbocycles. The van der Waals surface area contributed by atoms with E-state index in [1.807, 2.05) is 25.2 Å². The van der Waals surface area contributed by atoms with Crippen LogP contribution in [0.4, 0.5) is 25.4 Å². The Morgan fingerprint density at radius 1 is 1.09 bits per heavy atom. The van der Waals surface area contributed by atoms with Crippen molar-refractivity contribution >= 4 is 46.9 Å². The van der Waals surface area contributed by atoms with Gasteiger partial charge in [-0.3, -0.25) is 9.80 Å². The minimum absolute atomic E-state index is 0. The number of carbonyl (C=O) groups is 2. The Morgan fingerprint density at radius 3 is 2.57 bits per heavy atom. The Bertz CT molecular complexity index is 1290. The van der Waals surface area contributed by atoms with Crippen LogP contribution >= 0.6 is 12.4 Å². The number of rotatable bonds is 3. The molecule has 0 radical (unpaired) electrons. The Labute approximate surface area is 208 Å². The molecule has 1 saturated carbocycles. The summed E-state index contributed by atoms with van der Waals surface area (Å²) in [4.78, 5) is 38.0. The van der Waals surface area contributed by atoms with Crippen LogP contribution in [-0.2, 0) is 4.74 Å².